The van der Waals surface area contributed by atoms with Gasteiger partial charge >= 0.3 is 0 Å². The number of benzene rings is 1. The van der Waals surface area contributed by atoms with E-state index < -0.39 is 0 Å². The average molecular weight is 123 g/mol. The van der Waals surface area contributed by atoms with Crippen molar-refractivity contribution >= 4 is 5.69 Å². The van der Waals surface area contributed by atoms with E-state index in [1.165, 1.54) is 0 Å². The molecule has 0 heterocycles. The fraction of sp³-hybridized carbons (Fsp3) is 0.143. The Morgan fingerprint density at radius 1 is 1.22 bits per heavy atom. The van der Waals surface area contributed by atoms with E-state index in [-0.39, 0.29) is 0 Å². The second kappa shape index (κ2) is 3.10. The Labute approximate surface area is 54.4 Å². The summed E-state index contributed by atoms with van der Waals surface area (Å²) in [6.45, 7) is 0. The van der Waals surface area contributed by atoms with Crippen LogP contribution in [0.15, 0.2) is 30.3 Å². The zero-order valence-electron chi connectivity index (χ0n) is 5.29. The van der Waals surface area contributed by atoms with E-state index in [9.17, 15) is 0 Å². The van der Waals surface area contributed by atoms with Gasteiger partial charge < -0.3 is 0 Å². The Morgan fingerprint density at radius 3 is 2.44 bits per heavy atom. The maximum absolute atomic E-state index is 4.68. The van der Waals surface area contributed by atoms with Crippen molar-refractivity contribution in [3.63, 3.8) is 0 Å². The Bertz CT molecular complexity index is 162. The van der Waals surface area contributed by atoms with E-state index in [0.29, 0.717) is 0 Å². The Kier molecular flexibility index (Phi) is 2.10. The van der Waals surface area contributed by atoms with E-state index in [4.69, 9.17) is 0 Å². The molecule has 2 nitrogen and oxygen atoms in total. The third kappa shape index (κ3) is 1.74. The minimum atomic E-state index is 0.972. The van der Waals surface area contributed by atoms with E-state index >= 15 is 0 Å². The summed E-state index contributed by atoms with van der Waals surface area (Å²) in [5.74, 6) is 0. The van der Waals surface area contributed by atoms with Gasteiger partial charge in [0.15, 0.2) is 0 Å². The molecule has 0 fully saturated rings. The number of anilines is 1. The molecule has 1 rings (SSSR count). The van der Waals surface area contributed by atoms with Crippen LogP contribution >= 0.6 is 0 Å². The van der Waals surface area contributed by atoms with E-state index in [2.05, 4.69) is 10.3 Å². The predicted molar refractivity (Wildman–Crippen MR) is 37.1 cm³/mol. The Morgan fingerprint density at radius 2 is 1.89 bits per heavy atom. The second-order valence-corrected chi connectivity index (χ2v) is 1.67. The molecule has 0 aliphatic heterocycles. The first-order valence-electron chi connectivity index (χ1n) is 2.77. The van der Waals surface area contributed by atoms with Gasteiger partial charge in [-0.15, -0.1) is 0 Å². The smallest absolute Gasteiger partial charge is 0.0636 e. The second-order valence-electron chi connectivity index (χ2n) is 1.67. The van der Waals surface area contributed by atoms with Gasteiger partial charge in [0.2, 0.25) is 0 Å². The lowest BCUT2D eigenvalue weighted by Gasteiger charge is -1.99. The first-order valence-corrected chi connectivity index (χ1v) is 2.77. The van der Waals surface area contributed by atoms with Crippen LogP contribution in [0.2, 0.25) is 0 Å². The maximum atomic E-state index is 4.68. The van der Waals surface area contributed by atoms with Crippen LogP contribution < -0.4 is 5.48 Å². The minimum absolute atomic E-state index is 0.972. The molecular weight excluding hydrogens is 114 g/mol. The lowest BCUT2D eigenvalue weighted by molar-refractivity contribution is 0.271. The van der Waals surface area contributed by atoms with Crippen LogP contribution in [0.3, 0.4) is 0 Å². The topological polar surface area (TPSA) is 21.3 Å². The summed E-state index contributed by atoms with van der Waals surface area (Å²) in [5, 5.41) is 0. The van der Waals surface area contributed by atoms with Crippen molar-refractivity contribution in [3.8, 4) is 0 Å². The fourth-order valence-electron chi connectivity index (χ4n) is 0.624. The third-order valence-corrected chi connectivity index (χ3v) is 0.994. The van der Waals surface area contributed by atoms with Crippen molar-refractivity contribution in [3.05, 3.63) is 30.3 Å². The van der Waals surface area contributed by atoms with Crippen molar-refractivity contribution in [1.82, 2.24) is 0 Å². The summed E-state index contributed by atoms with van der Waals surface area (Å²) in [4.78, 5) is 4.68. The highest BCUT2D eigenvalue weighted by molar-refractivity contribution is 5.39. The highest BCUT2D eigenvalue weighted by Gasteiger charge is 1.82. The van der Waals surface area contributed by atoms with Crippen LogP contribution in [0.5, 0.6) is 0 Å². The standard InChI is InChI=1S/C7H9NO/c1-9-8-7-5-3-2-4-6-7/h2-6,8H,1H3. The van der Waals surface area contributed by atoms with Gasteiger partial charge in [-0.2, -0.15) is 0 Å². The van der Waals surface area contributed by atoms with Gasteiger partial charge in [0, 0.05) is 0 Å². The van der Waals surface area contributed by atoms with E-state index in [1.807, 2.05) is 30.3 Å². The van der Waals surface area contributed by atoms with Crippen molar-refractivity contribution in [1.29, 1.82) is 0 Å². The van der Waals surface area contributed by atoms with Crippen molar-refractivity contribution in [2.24, 2.45) is 0 Å². The molecule has 2 heteroatoms. The Balaban J connectivity index is 2.61. The van der Waals surface area contributed by atoms with Crippen LogP contribution in [-0.4, -0.2) is 7.11 Å². The number of nitrogens with one attached hydrogen (secondary N) is 1. The summed E-state index contributed by atoms with van der Waals surface area (Å²) in [6.07, 6.45) is 0. The van der Waals surface area contributed by atoms with Crippen molar-refractivity contribution in [2.45, 2.75) is 0 Å². The molecule has 0 unspecified atom stereocenters. The highest BCUT2D eigenvalue weighted by atomic mass is 16.6. The summed E-state index contributed by atoms with van der Waals surface area (Å²) in [5.41, 5.74) is 3.68. The van der Waals surface area contributed by atoms with Crippen molar-refractivity contribution in [2.75, 3.05) is 12.6 Å². The molecule has 0 amide bonds. The molecular formula is C7H9NO. The Hall–Kier alpha value is -1.02. The molecule has 1 aromatic carbocycles. The van der Waals surface area contributed by atoms with Gasteiger partial charge in [-0.25, -0.2) is 0 Å². The first kappa shape index (κ1) is 6.11. The normalized spacial score (nSPS) is 9.00. The molecule has 1 N–H and O–H groups in total. The van der Waals surface area contributed by atoms with Crippen molar-refractivity contribution < 1.29 is 4.84 Å². The largest absolute Gasteiger partial charge is 0.279 e. The number of para-hydroxylation sites is 1. The fourth-order valence-corrected chi connectivity index (χ4v) is 0.624. The van der Waals surface area contributed by atoms with Crippen LogP contribution in [0.25, 0.3) is 0 Å². The molecule has 9 heavy (non-hydrogen) atoms. The quantitative estimate of drug-likeness (QED) is 0.604. The lowest BCUT2D eigenvalue weighted by atomic mass is 10.3. The number of hydrogen-bond acceptors (Lipinski definition) is 2. The number of rotatable bonds is 2. The predicted octanol–water partition coefficient (Wildman–Crippen LogP) is 1.66. The molecule has 0 atom stereocenters. The summed E-state index contributed by atoms with van der Waals surface area (Å²) < 4.78 is 0. The molecule has 48 valence electrons. The lowest BCUT2D eigenvalue weighted by Crippen LogP contribution is -1.93. The van der Waals surface area contributed by atoms with Gasteiger partial charge in [0.05, 0.1) is 12.8 Å². The van der Waals surface area contributed by atoms with E-state index in [1.54, 1.807) is 7.11 Å². The molecule has 0 aliphatic carbocycles. The molecule has 0 saturated heterocycles. The van der Waals surface area contributed by atoms with Gasteiger partial charge in [0.25, 0.3) is 0 Å². The number of hydrogen-bond donors (Lipinski definition) is 1. The third-order valence-electron chi connectivity index (χ3n) is 0.994. The maximum Gasteiger partial charge on any atom is 0.0636 e. The molecule has 0 saturated carbocycles. The van der Waals surface area contributed by atoms with Gasteiger partial charge in [0.1, 0.15) is 0 Å². The first-order chi connectivity index (χ1) is 4.43. The van der Waals surface area contributed by atoms with Crippen LogP contribution in [0.4, 0.5) is 5.69 Å². The summed E-state index contributed by atoms with van der Waals surface area (Å²) >= 11 is 0. The van der Waals surface area contributed by atoms with E-state index in [0.717, 1.165) is 5.69 Å². The molecule has 0 bridgehead atoms. The average Bonchev–Trinajstić information content (AvgIpc) is 1.91. The zero-order valence-corrected chi connectivity index (χ0v) is 5.29. The SMILES string of the molecule is CONc1ccccc1. The van der Waals surface area contributed by atoms with Gasteiger partial charge in [-0.3, -0.25) is 10.3 Å². The zero-order chi connectivity index (χ0) is 6.53. The molecule has 0 radical (unpaired) electrons. The van der Waals surface area contributed by atoms with Gasteiger partial charge in [-0.05, 0) is 12.1 Å². The van der Waals surface area contributed by atoms with Crippen LogP contribution in [0, 0.1) is 0 Å². The monoisotopic (exact) mass is 123 g/mol. The van der Waals surface area contributed by atoms with Crippen LogP contribution in [0.1, 0.15) is 0 Å². The summed E-state index contributed by atoms with van der Waals surface area (Å²) in [6, 6.07) is 9.72. The molecule has 1 aromatic rings. The minimum Gasteiger partial charge on any atom is -0.279 e. The highest BCUT2D eigenvalue weighted by Crippen LogP contribution is 2.03. The van der Waals surface area contributed by atoms with Crippen LogP contribution in [-0.2, 0) is 4.84 Å². The molecule has 0 spiro atoms. The summed E-state index contributed by atoms with van der Waals surface area (Å²) in [7, 11) is 1.59. The van der Waals surface area contributed by atoms with Gasteiger partial charge in [-0.1, -0.05) is 18.2 Å². The molecule has 0 aliphatic rings. The molecule has 0 aromatic heterocycles.